The highest BCUT2D eigenvalue weighted by molar-refractivity contribution is 9.11. The number of hydrogen-bond donors (Lipinski definition) is 1. The van der Waals surface area contributed by atoms with Gasteiger partial charge in [-0.25, -0.2) is 4.98 Å². The molecular formula is C16H15BrF3NO3. The van der Waals surface area contributed by atoms with Crippen molar-refractivity contribution in [2.75, 3.05) is 7.11 Å². The largest absolute Gasteiger partial charge is 0.481 e. The van der Waals surface area contributed by atoms with Gasteiger partial charge < -0.3 is 9.84 Å². The summed E-state index contributed by atoms with van der Waals surface area (Å²) in [5.41, 5.74) is -3.67. The molecule has 0 spiro atoms. The van der Waals surface area contributed by atoms with Crippen LogP contribution >= 0.6 is 15.9 Å². The maximum Gasteiger partial charge on any atom is 0.421 e. The number of methoxy groups -OCH3 is 1. The molecule has 0 radical (unpaired) electrons. The highest BCUT2D eigenvalue weighted by atomic mass is 79.9. The van der Waals surface area contributed by atoms with E-state index in [0.717, 1.165) is 12.3 Å². The van der Waals surface area contributed by atoms with Gasteiger partial charge in [-0.2, -0.15) is 13.2 Å². The summed E-state index contributed by atoms with van der Waals surface area (Å²) in [6.07, 6.45) is -0.0403. The third-order valence-electron chi connectivity index (χ3n) is 4.09. The lowest BCUT2D eigenvalue weighted by Gasteiger charge is -2.39. The van der Waals surface area contributed by atoms with Gasteiger partial charge in [-0.05, 0) is 12.1 Å². The van der Waals surface area contributed by atoms with Crippen molar-refractivity contribution < 1.29 is 27.8 Å². The van der Waals surface area contributed by atoms with Crippen molar-refractivity contribution in [3.05, 3.63) is 46.6 Å². The van der Waals surface area contributed by atoms with Crippen LogP contribution in [-0.2, 0) is 10.4 Å². The second-order valence-electron chi connectivity index (χ2n) is 5.46. The van der Waals surface area contributed by atoms with Gasteiger partial charge in [0.05, 0.1) is 7.11 Å². The number of halogens is 4. The van der Waals surface area contributed by atoms with Crippen molar-refractivity contribution in [3.63, 3.8) is 0 Å². The first-order valence-corrected chi connectivity index (χ1v) is 7.79. The van der Waals surface area contributed by atoms with E-state index in [1.54, 1.807) is 0 Å². The van der Waals surface area contributed by atoms with E-state index < -0.39 is 35.0 Å². The van der Waals surface area contributed by atoms with E-state index in [-0.39, 0.29) is 5.88 Å². The van der Waals surface area contributed by atoms with E-state index in [1.165, 1.54) is 38.3 Å². The van der Waals surface area contributed by atoms with E-state index in [0.29, 0.717) is 4.48 Å². The van der Waals surface area contributed by atoms with Crippen molar-refractivity contribution in [1.29, 1.82) is 0 Å². The SMILES string of the molecule is COc1ccc(C(O)(C(C)C2C=CC(Br)=CC2=O)C(F)(F)F)cn1. The zero-order chi connectivity index (χ0) is 18.1. The molecule has 0 fully saturated rings. The molecule has 130 valence electrons. The maximum atomic E-state index is 13.7. The molecule has 0 aliphatic heterocycles. The number of alkyl halides is 3. The van der Waals surface area contributed by atoms with E-state index in [2.05, 4.69) is 20.9 Å². The van der Waals surface area contributed by atoms with Crippen molar-refractivity contribution in [1.82, 2.24) is 4.98 Å². The van der Waals surface area contributed by atoms with Gasteiger partial charge in [0.15, 0.2) is 11.4 Å². The Morgan fingerprint density at radius 3 is 2.50 bits per heavy atom. The number of carbonyl (C=O) groups excluding carboxylic acids is 1. The van der Waals surface area contributed by atoms with Crippen molar-refractivity contribution in [2.45, 2.75) is 18.7 Å². The van der Waals surface area contributed by atoms with Crippen LogP contribution in [0.1, 0.15) is 12.5 Å². The lowest BCUT2D eigenvalue weighted by molar-refractivity contribution is -0.288. The highest BCUT2D eigenvalue weighted by Crippen LogP contribution is 2.48. The Hall–Kier alpha value is -1.67. The summed E-state index contributed by atoms with van der Waals surface area (Å²) in [6, 6.07) is 2.33. The first-order valence-electron chi connectivity index (χ1n) is 7.00. The first-order chi connectivity index (χ1) is 11.1. The third kappa shape index (κ3) is 3.25. The first kappa shape index (κ1) is 18.7. The van der Waals surface area contributed by atoms with Gasteiger partial charge in [-0.3, -0.25) is 4.79 Å². The number of nitrogens with zero attached hydrogens (tertiary/aromatic N) is 1. The van der Waals surface area contributed by atoms with Crippen LogP contribution in [0.3, 0.4) is 0 Å². The fourth-order valence-electron chi connectivity index (χ4n) is 2.65. The van der Waals surface area contributed by atoms with E-state index in [1.807, 2.05) is 0 Å². The predicted molar refractivity (Wildman–Crippen MR) is 84.6 cm³/mol. The molecule has 1 aromatic rings. The summed E-state index contributed by atoms with van der Waals surface area (Å²) in [4.78, 5) is 15.8. The molecule has 8 heteroatoms. The Morgan fingerprint density at radius 2 is 2.04 bits per heavy atom. The standard InChI is InChI=1S/C16H15BrF3NO3/c1-9(12-5-4-11(17)7-13(12)22)15(23,16(18,19)20)10-3-6-14(24-2)21-8-10/h3-9,12,23H,1-2H3. The number of aromatic nitrogens is 1. The fraction of sp³-hybridized carbons (Fsp3) is 0.375. The summed E-state index contributed by atoms with van der Waals surface area (Å²) in [7, 11) is 1.33. The number of hydrogen-bond acceptors (Lipinski definition) is 4. The molecule has 3 unspecified atom stereocenters. The quantitative estimate of drug-likeness (QED) is 0.832. The molecule has 0 saturated heterocycles. The molecule has 0 aromatic carbocycles. The van der Waals surface area contributed by atoms with Crippen LogP contribution in [0.15, 0.2) is 41.0 Å². The minimum Gasteiger partial charge on any atom is -0.481 e. The number of carbonyl (C=O) groups is 1. The summed E-state index contributed by atoms with van der Waals surface area (Å²) in [5, 5.41) is 10.6. The third-order valence-corrected chi connectivity index (χ3v) is 4.58. The molecule has 0 bridgehead atoms. The second-order valence-corrected chi connectivity index (χ2v) is 6.37. The van der Waals surface area contributed by atoms with Crippen LogP contribution in [0.2, 0.25) is 0 Å². The number of allylic oxidation sites excluding steroid dienone is 4. The van der Waals surface area contributed by atoms with Crippen LogP contribution in [0.4, 0.5) is 13.2 Å². The molecule has 2 rings (SSSR count). The zero-order valence-electron chi connectivity index (χ0n) is 12.8. The topological polar surface area (TPSA) is 59.4 Å². The Kier molecular flexibility index (Phi) is 5.19. The summed E-state index contributed by atoms with van der Waals surface area (Å²) in [6.45, 7) is 1.19. The minimum atomic E-state index is -4.99. The minimum absolute atomic E-state index is 0.122. The van der Waals surface area contributed by atoms with Gasteiger partial charge >= 0.3 is 6.18 Å². The van der Waals surface area contributed by atoms with E-state index in [9.17, 15) is 23.1 Å². The molecule has 0 amide bonds. The lowest BCUT2D eigenvalue weighted by Crippen LogP contribution is -2.51. The molecule has 0 saturated carbocycles. The summed E-state index contributed by atoms with van der Waals surface area (Å²) in [5.74, 6) is -2.95. The number of ketones is 1. The molecule has 1 N–H and O–H groups in total. The predicted octanol–water partition coefficient (Wildman–Crippen LogP) is 3.51. The average Bonchev–Trinajstić information content (AvgIpc) is 2.52. The van der Waals surface area contributed by atoms with Crippen LogP contribution in [0.25, 0.3) is 0 Å². The van der Waals surface area contributed by atoms with Crippen molar-refractivity contribution in [2.24, 2.45) is 11.8 Å². The molecule has 4 nitrogen and oxygen atoms in total. The Labute approximate surface area is 145 Å². The monoisotopic (exact) mass is 405 g/mol. The second kappa shape index (κ2) is 6.68. The highest BCUT2D eigenvalue weighted by Gasteiger charge is 2.60. The van der Waals surface area contributed by atoms with Crippen LogP contribution in [-0.4, -0.2) is 29.2 Å². The average molecular weight is 406 g/mol. The molecule has 3 atom stereocenters. The smallest absolute Gasteiger partial charge is 0.421 e. The Bertz CT molecular complexity index is 685. The molecule has 1 heterocycles. The fourth-order valence-corrected chi connectivity index (χ4v) is 3.03. The molecule has 1 aliphatic rings. The number of aliphatic hydroxyl groups is 1. The normalized spacial score (nSPS) is 21.9. The van der Waals surface area contributed by atoms with Crippen molar-refractivity contribution in [3.8, 4) is 5.88 Å². The molecular weight excluding hydrogens is 391 g/mol. The van der Waals surface area contributed by atoms with E-state index in [4.69, 9.17) is 4.74 Å². The molecule has 24 heavy (non-hydrogen) atoms. The summed E-state index contributed by atoms with van der Waals surface area (Å²) < 4.78 is 46.4. The lowest BCUT2D eigenvalue weighted by atomic mass is 9.72. The van der Waals surface area contributed by atoms with Gasteiger partial charge in [0, 0.05) is 34.1 Å². The van der Waals surface area contributed by atoms with Gasteiger partial charge in [0.25, 0.3) is 0 Å². The zero-order valence-corrected chi connectivity index (χ0v) is 14.4. The molecule has 1 aromatic heterocycles. The van der Waals surface area contributed by atoms with Gasteiger partial charge in [-0.1, -0.05) is 35.0 Å². The van der Waals surface area contributed by atoms with Gasteiger partial charge in [0.2, 0.25) is 5.88 Å². The van der Waals surface area contributed by atoms with Crippen LogP contribution in [0, 0.1) is 11.8 Å². The van der Waals surface area contributed by atoms with Crippen molar-refractivity contribution >= 4 is 21.7 Å². The Morgan fingerprint density at radius 1 is 1.38 bits per heavy atom. The van der Waals surface area contributed by atoms with Crippen LogP contribution in [0.5, 0.6) is 5.88 Å². The maximum absolute atomic E-state index is 13.7. The number of ether oxygens (including phenoxy) is 1. The van der Waals surface area contributed by atoms with Gasteiger partial charge in [-0.15, -0.1) is 0 Å². The number of pyridine rings is 1. The Balaban J connectivity index is 2.48. The van der Waals surface area contributed by atoms with Crippen LogP contribution < -0.4 is 4.74 Å². The molecule has 1 aliphatic carbocycles. The van der Waals surface area contributed by atoms with E-state index >= 15 is 0 Å². The summed E-state index contributed by atoms with van der Waals surface area (Å²) >= 11 is 3.10. The number of rotatable bonds is 4. The van der Waals surface area contributed by atoms with Gasteiger partial charge in [0.1, 0.15) is 0 Å².